The number of hydrogen-bond donors (Lipinski definition) is 2. The highest BCUT2D eigenvalue weighted by molar-refractivity contribution is 7.92. The summed E-state index contributed by atoms with van der Waals surface area (Å²) in [5.41, 5.74) is 1.78. The number of sulfonamides is 1. The number of carboxylic acids is 1. The number of oxazole rings is 1. The van der Waals surface area contributed by atoms with Crippen molar-refractivity contribution in [2.75, 3.05) is 4.72 Å². The maximum absolute atomic E-state index is 12.6. The van der Waals surface area contributed by atoms with Crippen molar-refractivity contribution in [2.24, 2.45) is 0 Å². The molecule has 0 bridgehead atoms. The summed E-state index contributed by atoms with van der Waals surface area (Å²) in [6.45, 7) is 2.87. The molecule has 2 N–H and O–H groups in total. The first-order valence-corrected chi connectivity index (χ1v) is 9.04. The lowest BCUT2D eigenvalue weighted by molar-refractivity contribution is -0.137. The van der Waals surface area contributed by atoms with Crippen molar-refractivity contribution in [3.63, 3.8) is 0 Å². The highest BCUT2D eigenvalue weighted by Gasteiger charge is 2.21. The molecular weight excluding hydrogens is 360 g/mol. The first kappa shape index (κ1) is 17.7. The van der Waals surface area contributed by atoms with Crippen LogP contribution in [0.2, 0.25) is 0 Å². The summed E-state index contributed by atoms with van der Waals surface area (Å²) in [7, 11) is -3.86. The highest BCUT2D eigenvalue weighted by Crippen LogP contribution is 2.25. The zero-order valence-electron chi connectivity index (χ0n) is 14.0. The van der Waals surface area contributed by atoms with Crippen LogP contribution in [0.4, 0.5) is 5.69 Å². The number of carboxylic acid groups (broad SMARTS) is 1. The molecule has 0 saturated carbocycles. The maximum atomic E-state index is 12.6. The Balaban J connectivity index is 1.87. The van der Waals surface area contributed by atoms with Gasteiger partial charge < -0.3 is 9.52 Å². The molecular formula is C16H16N4O5S. The molecule has 0 spiro atoms. The van der Waals surface area contributed by atoms with Crippen LogP contribution >= 0.6 is 0 Å². The molecule has 0 aliphatic heterocycles. The second kappa shape index (κ2) is 6.64. The minimum atomic E-state index is -3.86. The molecule has 26 heavy (non-hydrogen) atoms. The van der Waals surface area contributed by atoms with Crippen molar-refractivity contribution in [1.29, 1.82) is 0 Å². The van der Waals surface area contributed by atoms with E-state index in [1.807, 2.05) is 0 Å². The van der Waals surface area contributed by atoms with E-state index >= 15 is 0 Å². The monoisotopic (exact) mass is 376 g/mol. The van der Waals surface area contributed by atoms with Crippen molar-refractivity contribution < 1.29 is 22.7 Å². The predicted molar refractivity (Wildman–Crippen MR) is 92.1 cm³/mol. The summed E-state index contributed by atoms with van der Waals surface area (Å²) >= 11 is 0. The Hall–Kier alpha value is -3.14. The molecule has 0 fully saturated rings. The number of nitrogens with one attached hydrogen (secondary N) is 1. The summed E-state index contributed by atoms with van der Waals surface area (Å²) in [6.07, 6.45) is 2.83. The van der Waals surface area contributed by atoms with Gasteiger partial charge in [-0.2, -0.15) is 5.10 Å². The normalized spacial score (nSPS) is 11.5. The first-order chi connectivity index (χ1) is 12.3. The standard InChI is InChI=1S/C16H16N4O5S/c1-10-16(11(2)20(18-10)8-15(21)22)19-26(23,24)13-5-3-12(4-6-13)14-7-17-9-25-14/h3-7,9,19H,8H2,1-2H3,(H,21,22). The van der Waals surface area contributed by atoms with Crippen LogP contribution in [-0.2, 0) is 21.4 Å². The van der Waals surface area contributed by atoms with Gasteiger partial charge in [-0.3, -0.25) is 14.2 Å². The number of aryl methyl sites for hydroxylation is 1. The molecule has 0 amide bonds. The number of rotatable bonds is 6. The predicted octanol–water partition coefficient (Wildman–Crippen LogP) is 2.04. The number of benzene rings is 1. The van der Waals surface area contributed by atoms with Crippen molar-refractivity contribution in [3.05, 3.63) is 48.2 Å². The van der Waals surface area contributed by atoms with Gasteiger partial charge in [0.1, 0.15) is 6.54 Å². The molecule has 3 rings (SSSR count). The number of aliphatic carboxylic acids is 1. The molecule has 136 valence electrons. The van der Waals surface area contributed by atoms with E-state index in [1.165, 1.54) is 29.4 Å². The van der Waals surface area contributed by atoms with Crippen LogP contribution in [0, 0.1) is 13.8 Å². The second-order valence-corrected chi connectivity index (χ2v) is 7.28. The molecule has 3 aromatic rings. The molecule has 0 saturated heterocycles. The SMILES string of the molecule is Cc1nn(CC(=O)O)c(C)c1NS(=O)(=O)c1ccc(-c2cnco2)cc1. The molecule has 2 aromatic heterocycles. The molecule has 9 nitrogen and oxygen atoms in total. The Labute approximate surface area is 149 Å². The minimum Gasteiger partial charge on any atom is -0.480 e. The number of anilines is 1. The largest absolute Gasteiger partial charge is 0.480 e. The first-order valence-electron chi connectivity index (χ1n) is 7.55. The van der Waals surface area contributed by atoms with E-state index < -0.39 is 16.0 Å². The molecule has 10 heteroatoms. The Kier molecular flexibility index (Phi) is 4.51. The van der Waals surface area contributed by atoms with Crippen LogP contribution in [0.15, 0.2) is 46.2 Å². The van der Waals surface area contributed by atoms with E-state index in [1.54, 1.807) is 26.0 Å². The summed E-state index contributed by atoms with van der Waals surface area (Å²) < 4.78 is 34.2. The molecule has 0 radical (unpaired) electrons. The Morgan fingerprint density at radius 1 is 1.27 bits per heavy atom. The van der Waals surface area contributed by atoms with Crippen LogP contribution in [0.5, 0.6) is 0 Å². The number of carbonyl (C=O) groups is 1. The molecule has 0 atom stereocenters. The van der Waals surface area contributed by atoms with Crippen LogP contribution in [0.1, 0.15) is 11.4 Å². The Morgan fingerprint density at radius 2 is 1.96 bits per heavy atom. The van der Waals surface area contributed by atoms with Crippen molar-refractivity contribution >= 4 is 21.7 Å². The van der Waals surface area contributed by atoms with E-state index in [-0.39, 0.29) is 17.1 Å². The van der Waals surface area contributed by atoms with Crippen molar-refractivity contribution in [3.8, 4) is 11.3 Å². The third-order valence-corrected chi connectivity index (χ3v) is 5.15. The van der Waals surface area contributed by atoms with Gasteiger partial charge in [0.2, 0.25) is 0 Å². The summed E-state index contributed by atoms with van der Waals surface area (Å²) in [5, 5.41) is 13.0. The van der Waals surface area contributed by atoms with Gasteiger partial charge in [0.25, 0.3) is 10.0 Å². The van der Waals surface area contributed by atoms with Gasteiger partial charge in [-0.05, 0) is 38.1 Å². The third kappa shape index (κ3) is 3.45. The fourth-order valence-corrected chi connectivity index (χ4v) is 3.65. The van der Waals surface area contributed by atoms with Gasteiger partial charge in [0.05, 0.1) is 28.2 Å². The van der Waals surface area contributed by atoms with Gasteiger partial charge in [-0.25, -0.2) is 13.4 Å². The summed E-state index contributed by atoms with van der Waals surface area (Å²) in [6, 6.07) is 6.13. The minimum absolute atomic E-state index is 0.0607. The third-order valence-electron chi connectivity index (χ3n) is 3.78. The van der Waals surface area contributed by atoms with E-state index in [0.717, 1.165) is 0 Å². The Bertz CT molecular complexity index is 1040. The fraction of sp³-hybridized carbons (Fsp3) is 0.188. The lowest BCUT2D eigenvalue weighted by atomic mass is 10.2. The summed E-state index contributed by atoms with van der Waals surface area (Å²) in [4.78, 5) is 14.7. The lowest BCUT2D eigenvalue weighted by Crippen LogP contribution is -2.15. The van der Waals surface area contributed by atoms with E-state index in [4.69, 9.17) is 9.52 Å². The molecule has 2 heterocycles. The molecule has 1 aromatic carbocycles. The van der Waals surface area contributed by atoms with Gasteiger partial charge in [-0.1, -0.05) is 0 Å². The van der Waals surface area contributed by atoms with Crippen molar-refractivity contribution in [2.45, 2.75) is 25.3 Å². The lowest BCUT2D eigenvalue weighted by Gasteiger charge is -2.09. The number of aromatic nitrogens is 3. The van der Waals surface area contributed by atoms with E-state index in [9.17, 15) is 13.2 Å². The smallest absolute Gasteiger partial charge is 0.325 e. The van der Waals surface area contributed by atoms with Crippen molar-refractivity contribution in [1.82, 2.24) is 14.8 Å². The fourth-order valence-electron chi connectivity index (χ4n) is 2.48. The molecule has 0 unspecified atom stereocenters. The molecule has 0 aliphatic rings. The average Bonchev–Trinajstić information content (AvgIpc) is 3.20. The van der Waals surface area contributed by atoms with Crippen LogP contribution < -0.4 is 4.72 Å². The van der Waals surface area contributed by atoms with Gasteiger partial charge in [0.15, 0.2) is 12.2 Å². The van der Waals surface area contributed by atoms with E-state index in [2.05, 4.69) is 14.8 Å². The zero-order chi connectivity index (χ0) is 18.9. The highest BCUT2D eigenvalue weighted by atomic mass is 32.2. The van der Waals surface area contributed by atoms with Gasteiger partial charge >= 0.3 is 5.97 Å². The van der Waals surface area contributed by atoms with Gasteiger partial charge in [-0.15, -0.1) is 0 Å². The zero-order valence-corrected chi connectivity index (χ0v) is 14.8. The maximum Gasteiger partial charge on any atom is 0.325 e. The number of hydrogen-bond acceptors (Lipinski definition) is 6. The van der Waals surface area contributed by atoms with Crippen LogP contribution in [0.3, 0.4) is 0 Å². The molecule has 0 aliphatic carbocycles. The Morgan fingerprint density at radius 3 is 2.54 bits per heavy atom. The van der Waals surface area contributed by atoms with Gasteiger partial charge in [0, 0.05) is 5.56 Å². The number of nitrogens with zero attached hydrogens (tertiary/aromatic N) is 3. The summed E-state index contributed by atoms with van der Waals surface area (Å²) in [5.74, 6) is -0.531. The van der Waals surface area contributed by atoms with E-state index in [0.29, 0.717) is 22.7 Å². The van der Waals surface area contributed by atoms with Crippen LogP contribution in [0.25, 0.3) is 11.3 Å². The topological polar surface area (TPSA) is 127 Å². The quantitative estimate of drug-likeness (QED) is 0.674. The second-order valence-electron chi connectivity index (χ2n) is 5.59. The van der Waals surface area contributed by atoms with Crippen LogP contribution in [-0.4, -0.2) is 34.3 Å². The average molecular weight is 376 g/mol.